The summed E-state index contributed by atoms with van der Waals surface area (Å²) >= 11 is 0. The smallest absolute Gasteiger partial charge is 0.319 e. The van der Waals surface area contributed by atoms with E-state index in [1.54, 1.807) is 12.3 Å². The van der Waals surface area contributed by atoms with Gasteiger partial charge in [-0.05, 0) is 0 Å². The minimum atomic E-state index is 0.249. The lowest BCUT2D eigenvalue weighted by atomic mass is 10.2. The molecule has 0 aliphatic carbocycles. The topological polar surface area (TPSA) is 70.3 Å². The van der Waals surface area contributed by atoms with Crippen LogP contribution in [0.25, 0.3) is 11.3 Å². The molecule has 0 bridgehead atoms. The maximum atomic E-state index is 5.10. The van der Waals surface area contributed by atoms with E-state index in [9.17, 15) is 0 Å². The fourth-order valence-corrected chi connectivity index (χ4v) is 1.13. The van der Waals surface area contributed by atoms with Crippen LogP contribution in [-0.2, 0) is 0 Å². The van der Waals surface area contributed by atoms with E-state index >= 15 is 0 Å². The minimum absolute atomic E-state index is 0.249. The highest BCUT2D eigenvalue weighted by Gasteiger charge is 2.12. The second-order valence-corrected chi connectivity index (χ2v) is 2.66. The average molecular weight is 207 g/mol. The third-order valence-corrected chi connectivity index (χ3v) is 1.82. The van der Waals surface area contributed by atoms with Gasteiger partial charge in [-0.15, -0.1) is 0 Å². The van der Waals surface area contributed by atoms with Gasteiger partial charge in [-0.1, -0.05) is 5.16 Å². The Morgan fingerprint density at radius 1 is 1.27 bits per heavy atom. The van der Waals surface area contributed by atoms with Crippen LogP contribution < -0.4 is 9.47 Å². The summed E-state index contributed by atoms with van der Waals surface area (Å²) in [6.45, 7) is 0. The van der Waals surface area contributed by atoms with E-state index < -0.39 is 0 Å². The number of nitrogens with zero attached hydrogens (tertiary/aromatic N) is 3. The first kappa shape index (κ1) is 9.45. The second-order valence-electron chi connectivity index (χ2n) is 2.66. The first-order valence-corrected chi connectivity index (χ1v) is 4.21. The van der Waals surface area contributed by atoms with Crippen molar-refractivity contribution in [3.05, 3.63) is 18.5 Å². The van der Waals surface area contributed by atoms with Gasteiger partial charge >= 0.3 is 6.01 Å². The number of methoxy groups -OCH3 is 2. The highest BCUT2D eigenvalue weighted by molar-refractivity contribution is 5.63. The molecule has 6 heteroatoms. The zero-order chi connectivity index (χ0) is 10.7. The molecule has 2 heterocycles. The van der Waals surface area contributed by atoms with E-state index in [0.717, 1.165) is 0 Å². The molecule has 0 radical (unpaired) electrons. The fraction of sp³-hybridized carbons (Fsp3) is 0.222. The van der Waals surface area contributed by atoms with Gasteiger partial charge in [-0.25, -0.2) is 4.98 Å². The lowest BCUT2D eigenvalue weighted by molar-refractivity contribution is 0.352. The average Bonchev–Trinajstić information content (AvgIpc) is 2.81. The SMILES string of the molecule is COc1ncc(-c2ccon2)c(OC)n1. The van der Waals surface area contributed by atoms with Gasteiger partial charge in [0.2, 0.25) is 5.88 Å². The lowest BCUT2D eigenvalue weighted by Gasteiger charge is -2.05. The summed E-state index contributed by atoms with van der Waals surface area (Å²) in [5.74, 6) is 0.399. The molecule has 0 N–H and O–H groups in total. The molecule has 0 atom stereocenters. The van der Waals surface area contributed by atoms with Gasteiger partial charge in [0.1, 0.15) is 12.0 Å². The molecule has 2 aromatic rings. The van der Waals surface area contributed by atoms with Gasteiger partial charge in [0.05, 0.1) is 19.8 Å². The Morgan fingerprint density at radius 3 is 2.73 bits per heavy atom. The number of aromatic nitrogens is 3. The molecule has 0 amide bonds. The molecule has 0 aliphatic heterocycles. The molecule has 0 saturated heterocycles. The minimum Gasteiger partial charge on any atom is -0.480 e. The third-order valence-electron chi connectivity index (χ3n) is 1.82. The highest BCUT2D eigenvalue weighted by Crippen LogP contribution is 2.26. The van der Waals surface area contributed by atoms with Gasteiger partial charge in [0.25, 0.3) is 0 Å². The number of ether oxygens (including phenoxy) is 2. The van der Waals surface area contributed by atoms with Crippen molar-refractivity contribution in [2.75, 3.05) is 14.2 Å². The predicted molar refractivity (Wildman–Crippen MR) is 50.6 cm³/mol. The molecule has 0 aliphatic rings. The van der Waals surface area contributed by atoms with Gasteiger partial charge in [-0.3, -0.25) is 0 Å². The summed E-state index contributed by atoms with van der Waals surface area (Å²) < 4.78 is 14.7. The summed E-state index contributed by atoms with van der Waals surface area (Å²) in [4.78, 5) is 8.00. The molecular weight excluding hydrogens is 198 g/mol. The Balaban J connectivity index is 2.48. The predicted octanol–water partition coefficient (Wildman–Crippen LogP) is 1.15. The van der Waals surface area contributed by atoms with Crippen LogP contribution in [0.3, 0.4) is 0 Å². The van der Waals surface area contributed by atoms with Gasteiger partial charge in [-0.2, -0.15) is 4.98 Å². The van der Waals surface area contributed by atoms with Crippen molar-refractivity contribution < 1.29 is 14.0 Å². The standard InChI is InChI=1S/C9H9N3O3/c1-13-8-6(7-3-4-15-12-7)5-10-9(11-8)14-2/h3-5H,1-2H3. The van der Waals surface area contributed by atoms with Crippen molar-refractivity contribution in [2.45, 2.75) is 0 Å². The van der Waals surface area contributed by atoms with Crippen molar-refractivity contribution in [1.29, 1.82) is 0 Å². The van der Waals surface area contributed by atoms with Crippen LogP contribution in [-0.4, -0.2) is 29.3 Å². The van der Waals surface area contributed by atoms with Crippen LogP contribution in [0.15, 0.2) is 23.0 Å². The first-order chi connectivity index (χ1) is 7.35. The molecule has 0 fully saturated rings. The maximum Gasteiger partial charge on any atom is 0.319 e. The van der Waals surface area contributed by atoms with E-state index in [0.29, 0.717) is 17.1 Å². The van der Waals surface area contributed by atoms with Crippen LogP contribution in [0.5, 0.6) is 11.9 Å². The Bertz CT molecular complexity index is 442. The molecule has 0 saturated carbocycles. The van der Waals surface area contributed by atoms with Crippen LogP contribution in [0.4, 0.5) is 0 Å². The summed E-state index contributed by atoms with van der Waals surface area (Å²) in [7, 11) is 3.01. The molecule has 15 heavy (non-hydrogen) atoms. The molecule has 0 aromatic carbocycles. The van der Waals surface area contributed by atoms with Crippen LogP contribution in [0.2, 0.25) is 0 Å². The molecule has 78 valence electrons. The lowest BCUT2D eigenvalue weighted by Crippen LogP contribution is -1.97. The zero-order valence-electron chi connectivity index (χ0n) is 8.30. The van der Waals surface area contributed by atoms with E-state index in [-0.39, 0.29) is 6.01 Å². The molecular formula is C9H9N3O3. The normalized spacial score (nSPS) is 10.0. The van der Waals surface area contributed by atoms with Crippen molar-refractivity contribution in [1.82, 2.24) is 15.1 Å². The van der Waals surface area contributed by atoms with Crippen molar-refractivity contribution in [3.8, 4) is 23.1 Å². The highest BCUT2D eigenvalue weighted by atomic mass is 16.5. The molecule has 0 unspecified atom stereocenters. The number of hydrogen-bond donors (Lipinski definition) is 0. The van der Waals surface area contributed by atoms with E-state index in [4.69, 9.17) is 14.0 Å². The molecule has 0 spiro atoms. The zero-order valence-corrected chi connectivity index (χ0v) is 8.30. The number of hydrogen-bond acceptors (Lipinski definition) is 6. The van der Waals surface area contributed by atoms with Crippen molar-refractivity contribution in [2.24, 2.45) is 0 Å². The number of rotatable bonds is 3. The van der Waals surface area contributed by atoms with Gasteiger partial charge in [0, 0.05) is 12.3 Å². The van der Waals surface area contributed by atoms with Crippen molar-refractivity contribution >= 4 is 0 Å². The summed E-state index contributed by atoms with van der Waals surface area (Å²) in [6, 6.07) is 1.95. The van der Waals surface area contributed by atoms with Gasteiger partial charge < -0.3 is 14.0 Å². The van der Waals surface area contributed by atoms with Gasteiger partial charge in [0.15, 0.2) is 0 Å². The van der Waals surface area contributed by atoms with Crippen molar-refractivity contribution in [3.63, 3.8) is 0 Å². The van der Waals surface area contributed by atoms with E-state index in [2.05, 4.69) is 15.1 Å². The largest absolute Gasteiger partial charge is 0.480 e. The Kier molecular flexibility index (Phi) is 2.49. The summed E-state index contributed by atoms with van der Waals surface area (Å²) in [5, 5.41) is 3.77. The van der Waals surface area contributed by atoms with Crippen LogP contribution in [0, 0.1) is 0 Å². The maximum absolute atomic E-state index is 5.10. The fourth-order valence-electron chi connectivity index (χ4n) is 1.13. The monoisotopic (exact) mass is 207 g/mol. The Labute approximate surface area is 85.9 Å². The van der Waals surface area contributed by atoms with Crippen LogP contribution in [0.1, 0.15) is 0 Å². The second kappa shape index (κ2) is 3.95. The van der Waals surface area contributed by atoms with E-state index in [1.807, 2.05) is 0 Å². The first-order valence-electron chi connectivity index (χ1n) is 4.21. The quantitative estimate of drug-likeness (QED) is 0.751. The van der Waals surface area contributed by atoms with Crippen LogP contribution >= 0.6 is 0 Å². The molecule has 2 aromatic heterocycles. The Hall–Kier alpha value is -2.11. The molecule has 6 nitrogen and oxygen atoms in total. The molecule has 2 rings (SSSR count). The third kappa shape index (κ3) is 1.74. The summed E-state index contributed by atoms with van der Waals surface area (Å²) in [6.07, 6.45) is 3.04. The summed E-state index contributed by atoms with van der Waals surface area (Å²) in [5.41, 5.74) is 1.28. The van der Waals surface area contributed by atoms with E-state index in [1.165, 1.54) is 20.5 Å². The Morgan fingerprint density at radius 2 is 2.13 bits per heavy atom.